The number of sulfonamides is 1. The monoisotopic (exact) mass is 469 g/mol. The Labute approximate surface area is 188 Å². The molecule has 1 N–H and O–H groups in total. The molecular weight excluding hydrogens is 439 g/mol. The van der Waals surface area contributed by atoms with Crippen LogP contribution in [0.1, 0.15) is 71.9 Å². The molecule has 176 valence electrons. The van der Waals surface area contributed by atoms with Crippen molar-refractivity contribution in [3.8, 4) is 5.75 Å². The Morgan fingerprint density at radius 3 is 2.25 bits per heavy atom. The highest BCUT2D eigenvalue weighted by molar-refractivity contribution is 7.92. The van der Waals surface area contributed by atoms with Crippen LogP contribution in [0.15, 0.2) is 24.3 Å². The molecule has 3 rings (SSSR count). The van der Waals surface area contributed by atoms with Crippen molar-refractivity contribution in [2.75, 3.05) is 17.1 Å². The smallest absolute Gasteiger partial charge is 0.389 e. The van der Waals surface area contributed by atoms with Gasteiger partial charge in [0.15, 0.2) is 0 Å². The molecule has 0 saturated carbocycles. The lowest BCUT2D eigenvalue weighted by molar-refractivity contribution is -0.134. The van der Waals surface area contributed by atoms with Gasteiger partial charge in [0.1, 0.15) is 5.75 Å². The van der Waals surface area contributed by atoms with Crippen molar-refractivity contribution in [2.24, 2.45) is 0 Å². The number of halogens is 3. The Morgan fingerprint density at radius 1 is 1.06 bits per heavy atom. The Morgan fingerprint density at radius 2 is 1.69 bits per heavy atom. The molecule has 0 saturated heterocycles. The minimum atomic E-state index is -4.37. The number of benzene rings is 2. The van der Waals surface area contributed by atoms with Gasteiger partial charge < -0.3 is 4.74 Å². The van der Waals surface area contributed by atoms with Crippen molar-refractivity contribution < 1.29 is 26.3 Å². The first kappa shape index (κ1) is 24.4. The van der Waals surface area contributed by atoms with E-state index in [-0.39, 0.29) is 5.92 Å². The molecule has 4 nitrogen and oxygen atoms in total. The second kappa shape index (κ2) is 8.96. The van der Waals surface area contributed by atoms with Gasteiger partial charge in [0.25, 0.3) is 0 Å². The summed E-state index contributed by atoms with van der Waals surface area (Å²) in [6.45, 7) is 10.2. The fourth-order valence-corrected chi connectivity index (χ4v) is 5.44. The maximum Gasteiger partial charge on any atom is 0.389 e. The number of alkyl halides is 3. The van der Waals surface area contributed by atoms with E-state index in [0.717, 1.165) is 33.6 Å². The van der Waals surface area contributed by atoms with Gasteiger partial charge >= 0.3 is 6.18 Å². The molecule has 1 atom stereocenters. The summed E-state index contributed by atoms with van der Waals surface area (Å²) in [7, 11) is -3.92. The third-order valence-corrected chi connectivity index (χ3v) is 7.52. The lowest BCUT2D eigenvalue weighted by Gasteiger charge is -2.21. The summed E-state index contributed by atoms with van der Waals surface area (Å²) < 4.78 is 71.0. The SMILES string of the molecule is Cc1c(C)c2c(c(C)c1NS(=O)(=O)CCCC(F)(F)F)C(c1ccc(C(C)C)cc1)CO2. The summed E-state index contributed by atoms with van der Waals surface area (Å²) >= 11 is 0. The molecule has 1 aliphatic rings. The van der Waals surface area contributed by atoms with Crippen LogP contribution in [-0.4, -0.2) is 27.0 Å². The quantitative estimate of drug-likeness (QED) is 0.515. The minimum absolute atomic E-state index is 0.0426. The third kappa shape index (κ3) is 5.22. The summed E-state index contributed by atoms with van der Waals surface area (Å²) in [5.74, 6) is 0.552. The summed E-state index contributed by atoms with van der Waals surface area (Å²) in [6.07, 6.45) is -5.98. The standard InChI is InChI=1S/C24H30F3NO3S/c1-14(2)18-7-9-19(10-8-18)20-13-31-23-16(4)15(3)22(17(5)21(20)23)28-32(29,30)12-6-11-24(25,26)27/h7-10,14,20,28H,6,11-13H2,1-5H3. The highest BCUT2D eigenvalue weighted by Gasteiger charge is 2.33. The minimum Gasteiger partial charge on any atom is -0.492 e. The fraction of sp³-hybridized carbons (Fsp3) is 0.500. The molecule has 0 fully saturated rings. The van der Waals surface area contributed by atoms with Gasteiger partial charge in [-0.2, -0.15) is 13.2 Å². The highest BCUT2D eigenvalue weighted by Crippen LogP contribution is 2.47. The summed E-state index contributed by atoms with van der Waals surface area (Å²) in [4.78, 5) is 0. The molecule has 32 heavy (non-hydrogen) atoms. The predicted molar refractivity (Wildman–Crippen MR) is 121 cm³/mol. The van der Waals surface area contributed by atoms with Crippen LogP contribution in [0.2, 0.25) is 0 Å². The van der Waals surface area contributed by atoms with Crippen LogP contribution < -0.4 is 9.46 Å². The molecule has 0 bridgehead atoms. The molecule has 2 aromatic rings. The van der Waals surface area contributed by atoms with Crippen molar-refractivity contribution in [2.45, 2.75) is 65.5 Å². The van der Waals surface area contributed by atoms with E-state index in [4.69, 9.17) is 4.74 Å². The first-order chi connectivity index (χ1) is 14.8. The number of rotatable bonds is 7. The molecule has 0 radical (unpaired) electrons. The molecule has 1 aliphatic heterocycles. The zero-order valence-corrected chi connectivity index (χ0v) is 19.9. The van der Waals surface area contributed by atoms with Gasteiger partial charge in [-0.25, -0.2) is 8.42 Å². The first-order valence-electron chi connectivity index (χ1n) is 10.7. The predicted octanol–water partition coefficient (Wildman–Crippen LogP) is 6.34. The van der Waals surface area contributed by atoms with E-state index < -0.39 is 34.8 Å². The van der Waals surface area contributed by atoms with Crippen LogP contribution in [0.3, 0.4) is 0 Å². The maximum absolute atomic E-state index is 12.5. The topological polar surface area (TPSA) is 55.4 Å². The lowest BCUT2D eigenvalue weighted by atomic mass is 9.86. The van der Waals surface area contributed by atoms with Crippen molar-refractivity contribution in [1.82, 2.24) is 0 Å². The normalized spacial score (nSPS) is 16.2. The van der Waals surface area contributed by atoms with Crippen molar-refractivity contribution in [3.63, 3.8) is 0 Å². The zero-order valence-electron chi connectivity index (χ0n) is 19.1. The third-order valence-electron chi connectivity index (χ3n) is 6.18. The van der Waals surface area contributed by atoms with Gasteiger partial charge in [-0.15, -0.1) is 0 Å². The Kier molecular flexibility index (Phi) is 6.84. The Balaban J connectivity index is 1.94. The number of hydrogen-bond acceptors (Lipinski definition) is 3. The molecule has 1 unspecified atom stereocenters. The lowest BCUT2D eigenvalue weighted by Crippen LogP contribution is -2.20. The number of nitrogens with one attached hydrogen (secondary N) is 1. The summed E-state index contributed by atoms with van der Waals surface area (Å²) in [5, 5.41) is 0. The summed E-state index contributed by atoms with van der Waals surface area (Å²) in [5.41, 5.74) is 5.98. The van der Waals surface area contributed by atoms with Crippen LogP contribution in [-0.2, 0) is 10.0 Å². The van der Waals surface area contributed by atoms with Gasteiger partial charge in [-0.1, -0.05) is 38.1 Å². The van der Waals surface area contributed by atoms with Crippen LogP contribution >= 0.6 is 0 Å². The van der Waals surface area contributed by atoms with E-state index in [2.05, 4.69) is 42.8 Å². The average molecular weight is 470 g/mol. The number of fused-ring (bicyclic) bond motifs is 1. The van der Waals surface area contributed by atoms with Gasteiger partial charge in [0.2, 0.25) is 10.0 Å². The largest absolute Gasteiger partial charge is 0.492 e. The molecule has 1 heterocycles. The molecule has 0 aromatic heterocycles. The van der Waals surface area contributed by atoms with Crippen molar-refractivity contribution in [3.05, 3.63) is 57.6 Å². The van der Waals surface area contributed by atoms with Gasteiger partial charge in [0.05, 0.1) is 18.0 Å². The van der Waals surface area contributed by atoms with Crippen LogP contribution in [0.4, 0.5) is 18.9 Å². The Hall–Kier alpha value is -2.22. The van der Waals surface area contributed by atoms with Gasteiger partial charge in [-0.3, -0.25) is 4.72 Å². The molecular formula is C24H30F3NO3S. The van der Waals surface area contributed by atoms with Crippen molar-refractivity contribution in [1.29, 1.82) is 0 Å². The molecule has 0 spiro atoms. The first-order valence-corrected chi connectivity index (χ1v) is 12.4. The van der Waals surface area contributed by atoms with E-state index in [1.807, 2.05) is 13.8 Å². The van der Waals surface area contributed by atoms with Gasteiger partial charge in [-0.05, 0) is 60.9 Å². The summed E-state index contributed by atoms with van der Waals surface area (Å²) in [6, 6.07) is 8.35. The van der Waals surface area contributed by atoms with E-state index in [1.54, 1.807) is 6.92 Å². The van der Waals surface area contributed by atoms with Crippen LogP contribution in [0.5, 0.6) is 5.75 Å². The molecule has 2 aromatic carbocycles. The van der Waals surface area contributed by atoms with E-state index >= 15 is 0 Å². The Bertz CT molecular complexity index is 1090. The molecule has 0 amide bonds. The second-order valence-corrected chi connectivity index (χ2v) is 10.7. The number of anilines is 1. The number of hydrogen-bond donors (Lipinski definition) is 1. The van der Waals surface area contributed by atoms with Crippen LogP contribution in [0, 0.1) is 20.8 Å². The highest BCUT2D eigenvalue weighted by atomic mass is 32.2. The number of ether oxygens (including phenoxy) is 1. The van der Waals surface area contributed by atoms with Gasteiger partial charge in [0, 0.05) is 17.9 Å². The van der Waals surface area contributed by atoms with E-state index in [9.17, 15) is 21.6 Å². The molecule has 0 aliphatic carbocycles. The second-order valence-electron chi connectivity index (χ2n) is 8.82. The van der Waals surface area contributed by atoms with E-state index in [1.165, 1.54) is 5.56 Å². The van der Waals surface area contributed by atoms with Crippen LogP contribution in [0.25, 0.3) is 0 Å². The maximum atomic E-state index is 12.5. The van der Waals surface area contributed by atoms with E-state index in [0.29, 0.717) is 18.2 Å². The zero-order chi connectivity index (χ0) is 23.8. The van der Waals surface area contributed by atoms with Crippen molar-refractivity contribution >= 4 is 15.7 Å². The fourth-order valence-electron chi connectivity index (χ4n) is 4.20. The molecule has 8 heteroatoms. The average Bonchev–Trinajstić information content (AvgIpc) is 3.14.